The highest BCUT2D eigenvalue weighted by molar-refractivity contribution is 5.75. The van der Waals surface area contributed by atoms with Crippen molar-refractivity contribution in [3.63, 3.8) is 0 Å². The average Bonchev–Trinajstić information content (AvgIpc) is 3.46. The number of carbonyl (C=O) groups is 1. The smallest absolute Gasteiger partial charge is 0.223 e. The van der Waals surface area contributed by atoms with Crippen molar-refractivity contribution < 1.29 is 9.53 Å². The first-order valence-electron chi connectivity index (χ1n) is 10.2. The van der Waals surface area contributed by atoms with Crippen LogP contribution in [0.4, 0.5) is 0 Å². The summed E-state index contributed by atoms with van der Waals surface area (Å²) >= 11 is 0. The highest BCUT2D eigenvalue weighted by Crippen LogP contribution is 2.41. The molecule has 2 atom stereocenters. The number of carbonyl (C=O) groups excluding carboxylic acids is 1. The fourth-order valence-corrected chi connectivity index (χ4v) is 4.24. The molecule has 1 unspecified atom stereocenters. The molecule has 2 aliphatic rings. The molecule has 1 heterocycles. The van der Waals surface area contributed by atoms with E-state index in [0.29, 0.717) is 18.4 Å². The number of rotatable bonds is 9. The van der Waals surface area contributed by atoms with Gasteiger partial charge in [-0.25, -0.2) is 0 Å². The number of ether oxygens (including phenoxy) is 1. The minimum absolute atomic E-state index is 0.214. The Balaban J connectivity index is 1.44. The lowest BCUT2D eigenvalue weighted by Gasteiger charge is -2.41. The number of nitrogens with zero attached hydrogens (tertiary/aromatic N) is 2. The monoisotopic (exact) mass is 373 g/mol. The summed E-state index contributed by atoms with van der Waals surface area (Å²) in [5, 5.41) is 3.82. The first-order chi connectivity index (χ1) is 13.0. The van der Waals surface area contributed by atoms with Crippen LogP contribution in [0, 0.1) is 5.41 Å². The van der Waals surface area contributed by atoms with Crippen LogP contribution in [0.3, 0.4) is 0 Å². The Hall–Kier alpha value is -1.43. The van der Waals surface area contributed by atoms with Gasteiger partial charge >= 0.3 is 0 Å². The van der Waals surface area contributed by atoms with Gasteiger partial charge in [0, 0.05) is 58.1 Å². The van der Waals surface area contributed by atoms with E-state index in [1.54, 1.807) is 4.90 Å². The van der Waals surface area contributed by atoms with Crippen molar-refractivity contribution in [2.45, 2.75) is 37.6 Å². The summed E-state index contributed by atoms with van der Waals surface area (Å²) in [7, 11) is 5.47. The molecule has 3 rings (SSSR count). The lowest BCUT2D eigenvalue weighted by molar-refractivity contribution is -0.129. The van der Waals surface area contributed by atoms with Gasteiger partial charge in [0.15, 0.2) is 0 Å². The normalized spacial score (nSPS) is 24.6. The average molecular weight is 374 g/mol. The van der Waals surface area contributed by atoms with Gasteiger partial charge < -0.3 is 19.9 Å². The van der Waals surface area contributed by atoms with Crippen molar-refractivity contribution in [2.75, 3.05) is 54.0 Å². The zero-order valence-corrected chi connectivity index (χ0v) is 17.1. The molecule has 150 valence electrons. The topological polar surface area (TPSA) is 44.8 Å². The molecule has 1 saturated heterocycles. The predicted molar refractivity (Wildman–Crippen MR) is 109 cm³/mol. The number of likely N-dealkylation sites (tertiary alicyclic amines) is 1. The molecule has 1 aliphatic carbocycles. The van der Waals surface area contributed by atoms with E-state index >= 15 is 0 Å². The number of piperidine rings is 1. The minimum Gasteiger partial charge on any atom is -0.384 e. The SMILES string of the molecule is COCC1(CN[C@@H]2CC2c2ccccc2)CCN(CCC(=O)N(C)C)CC1. The molecule has 2 fully saturated rings. The van der Waals surface area contributed by atoms with Crippen LogP contribution in [-0.4, -0.2) is 75.7 Å². The zero-order chi connectivity index (χ0) is 19.3. The Kier molecular flexibility index (Phi) is 6.90. The van der Waals surface area contributed by atoms with E-state index in [-0.39, 0.29) is 11.3 Å². The van der Waals surface area contributed by atoms with Gasteiger partial charge in [-0.1, -0.05) is 30.3 Å². The predicted octanol–water partition coefficient (Wildman–Crippen LogP) is 2.34. The highest BCUT2D eigenvalue weighted by Gasteiger charge is 2.41. The van der Waals surface area contributed by atoms with E-state index < -0.39 is 0 Å². The van der Waals surface area contributed by atoms with Crippen LogP contribution in [0.5, 0.6) is 0 Å². The summed E-state index contributed by atoms with van der Waals surface area (Å²) in [6.07, 6.45) is 4.12. The molecule has 5 nitrogen and oxygen atoms in total. The van der Waals surface area contributed by atoms with Gasteiger partial charge in [-0.15, -0.1) is 0 Å². The van der Waals surface area contributed by atoms with Crippen molar-refractivity contribution in [1.82, 2.24) is 15.1 Å². The van der Waals surface area contributed by atoms with Crippen LogP contribution < -0.4 is 5.32 Å². The zero-order valence-electron chi connectivity index (χ0n) is 17.1. The van der Waals surface area contributed by atoms with E-state index in [2.05, 4.69) is 40.5 Å². The molecule has 0 bridgehead atoms. The van der Waals surface area contributed by atoms with E-state index in [9.17, 15) is 4.79 Å². The van der Waals surface area contributed by atoms with Gasteiger partial charge in [-0.2, -0.15) is 0 Å². The highest BCUT2D eigenvalue weighted by atomic mass is 16.5. The van der Waals surface area contributed by atoms with Crippen molar-refractivity contribution in [3.8, 4) is 0 Å². The maximum absolute atomic E-state index is 11.8. The maximum atomic E-state index is 11.8. The molecular formula is C22H35N3O2. The summed E-state index contributed by atoms with van der Waals surface area (Å²) in [5.74, 6) is 0.883. The van der Waals surface area contributed by atoms with Gasteiger partial charge in [0.1, 0.15) is 0 Å². The minimum atomic E-state index is 0.214. The van der Waals surface area contributed by atoms with E-state index in [1.807, 2.05) is 21.2 Å². The number of hydrogen-bond donors (Lipinski definition) is 1. The van der Waals surface area contributed by atoms with Gasteiger partial charge in [0.05, 0.1) is 6.61 Å². The Morgan fingerprint density at radius 3 is 2.59 bits per heavy atom. The number of amides is 1. The van der Waals surface area contributed by atoms with Crippen LogP contribution in [-0.2, 0) is 9.53 Å². The van der Waals surface area contributed by atoms with Crippen LogP contribution in [0.2, 0.25) is 0 Å². The molecule has 0 radical (unpaired) electrons. The first kappa shape index (κ1) is 20.3. The summed E-state index contributed by atoms with van der Waals surface area (Å²) in [4.78, 5) is 15.9. The number of benzene rings is 1. The van der Waals surface area contributed by atoms with Crippen LogP contribution >= 0.6 is 0 Å². The summed E-state index contributed by atoms with van der Waals surface area (Å²) < 4.78 is 5.59. The molecule has 27 heavy (non-hydrogen) atoms. The van der Waals surface area contributed by atoms with E-state index in [0.717, 1.165) is 45.6 Å². The van der Waals surface area contributed by atoms with Crippen LogP contribution in [0.15, 0.2) is 30.3 Å². The Morgan fingerprint density at radius 1 is 1.26 bits per heavy atom. The first-order valence-corrected chi connectivity index (χ1v) is 10.2. The number of hydrogen-bond acceptors (Lipinski definition) is 4. The molecule has 1 aliphatic heterocycles. The number of nitrogens with one attached hydrogen (secondary N) is 1. The van der Waals surface area contributed by atoms with Crippen molar-refractivity contribution >= 4 is 5.91 Å². The fourth-order valence-electron chi connectivity index (χ4n) is 4.24. The molecule has 0 spiro atoms. The Labute approximate surface area is 164 Å². The third kappa shape index (κ3) is 5.53. The second-order valence-electron chi connectivity index (χ2n) is 8.55. The molecule has 1 aromatic carbocycles. The van der Waals surface area contributed by atoms with Crippen molar-refractivity contribution in [1.29, 1.82) is 0 Å². The Morgan fingerprint density at radius 2 is 1.96 bits per heavy atom. The third-order valence-corrected chi connectivity index (χ3v) is 6.27. The fraction of sp³-hybridized carbons (Fsp3) is 0.682. The van der Waals surface area contributed by atoms with Gasteiger partial charge in [-0.3, -0.25) is 4.79 Å². The third-order valence-electron chi connectivity index (χ3n) is 6.27. The summed E-state index contributed by atoms with van der Waals surface area (Å²) in [5.41, 5.74) is 1.68. The van der Waals surface area contributed by atoms with Crippen molar-refractivity contribution in [2.24, 2.45) is 5.41 Å². The van der Waals surface area contributed by atoms with Gasteiger partial charge in [-0.05, 0) is 37.9 Å². The second kappa shape index (κ2) is 9.18. The quantitative estimate of drug-likeness (QED) is 0.722. The van der Waals surface area contributed by atoms with Gasteiger partial charge in [0.25, 0.3) is 0 Å². The lowest BCUT2D eigenvalue weighted by Crippen LogP contribution is -2.48. The molecule has 1 aromatic rings. The van der Waals surface area contributed by atoms with Gasteiger partial charge in [0.2, 0.25) is 5.91 Å². The van der Waals surface area contributed by atoms with Crippen LogP contribution in [0.1, 0.15) is 37.2 Å². The molecule has 0 aromatic heterocycles. The summed E-state index contributed by atoms with van der Waals surface area (Å²) in [6, 6.07) is 11.4. The van der Waals surface area contributed by atoms with Crippen LogP contribution in [0.25, 0.3) is 0 Å². The second-order valence-corrected chi connectivity index (χ2v) is 8.55. The Bertz CT molecular complexity index is 597. The standard InChI is InChI=1S/C22H35N3O2/c1-24(2)21(26)9-12-25-13-10-22(11-14-25,17-27-3)16-23-20-15-19(20)18-7-5-4-6-8-18/h4-8,19-20,23H,9-17H2,1-3H3/t19?,20-/m1/s1. The summed E-state index contributed by atoms with van der Waals surface area (Å²) in [6.45, 7) is 4.82. The molecule has 1 amide bonds. The maximum Gasteiger partial charge on any atom is 0.223 e. The van der Waals surface area contributed by atoms with E-state index in [4.69, 9.17) is 4.74 Å². The largest absolute Gasteiger partial charge is 0.384 e. The lowest BCUT2D eigenvalue weighted by atomic mass is 9.78. The van der Waals surface area contributed by atoms with E-state index in [1.165, 1.54) is 12.0 Å². The molecule has 1 saturated carbocycles. The number of methoxy groups -OCH3 is 1. The molecule has 1 N–H and O–H groups in total. The molecule has 5 heteroatoms. The van der Waals surface area contributed by atoms with Crippen molar-refractivity contribution in [3.05, 3.63) is 35.9 Å². The molecular weight excluding hydrogens is 338 g/mol.